The predicted molar refractivity (Wildman–Crippen MR) is 43.1 cm³/mol. The van der Waals surface area contributed by atoms with Crippen molar-refractivity contribution in [1.29, 1.82) is 0 Å². The average Bonchev–Trinajstić information content (AvgIpc) is 1.83. The SMILES string of the molecule is CC(CCO)OOC(C)(C)C. The largest absolute Gasteiger partial charge is 0.396 e. The smallest absolute Gasteiger partial charge is 0.0952 e. The summed E-state index contributed by atoms with van der Waals surface area (Å²) in [5.74, 6) is 0. The molecule has 68 valence electrons. The third kappa shape index (κ3) is 7.78. The van der Waals surface area contributed by atoms with Gasteiger partial charge in [-0.15, -0.1) is 0 Å². The molecular formula is C8H18O3. The fourth-order valence-corrected chi connectivity index (χ4v) is 0.456. The van der Waals surface area contributed by atoms with E-state index in [4.69, 9.17) is 14.9 Å². The Morgan fingerprint density at radius 1 is 1.36 bits per heavy atom. The molecule has 0 fully saturated rings. The highest BCUT2D eigenvalue weighted by Gasteiger charge is 2.13. The lowest BCUT2D eigenvalue weighted by molar-refractivity contribution is -0.371. The minimum Gasteiger partial charge on any atom is -0.396 e. The minimum absolute atomic E-state index is 0.0424. The average molecular weight is 162 g/mol. The molecule has 0 aliphatic rings. The molecule has 0 heterocycles. The van der Waals surface area contributed by atoms with Crippen LogP contribution in [-0.2, 0) is 9.78 Å². The Kier molecular flexibility index (Phi) is 4.65. The van der Waals surface area contributed by atoms with Crippen LogP contribution in [-0.4, -0.2) is 23.4 Å². The van der Waals surface area contributed by atoms with Gasteiger partial charge in [-0.3, -0.25) is 0 Å². The van der Waals surface area contributed by atoms with E-state index in [1.54, 1.807) is 0 Å². The molecule has 0 amide bonds. The van der Waals surface area contributed by atoms with Crippen molar-refractivity contribution in [2.24, 2.45) is 0 Å². The van der Waals surface area contributed by atoms with E-state index in [2.05, 4.69) is 0 Å². The Labute approximate surface area is 68.2 Å². The number of hydrogen-bond donors (Lipinski definition) is 1. The van der Waals surface area contributed by atoms with E-state index in [1.165, 1.54) is 0 Å². The van der Waals surface area contributed by atoms with Crippen molar-refractivity contribution in [3.63, 3.8) is 0 Å². The van der Waals surface area contributed by atoms with Crippen LogP contribution < -0.4 is 0 Å². The minimum atomic E-state index is -0.274. The van der Waals surface area contributed by atoms with Crippen LogP contribution in [0.2, 0.25) is 0 Å². The second-order valence-electron chi connectivity index (χ2n) is 3.61. The molecule has 0 aliphatic carbocycles. The molecule has 0 saturated carbocycles. The molecule has 0 aromatic rings. The summed E-state index contributed by atoms with van der Waals surface area (Å²) < 4.78 is 0. The van der Waals surface area contributed by atoms with Crippen LogP contribution in [0.5, 0.6) is 0 Å². The van der Waals surface area contributed by atoms with Gasteiger partial charge in [0.1, 0.15) is 0 Å². The van der Waals surface area contributed by atoms with Crippen LogP contribution in [0.25, 0.3) is 0 Å². The maximum atomic E-state index is 8.53. The van der Waals surface area contributed by atoms with Crippen LogP contribution >= 0.6 is 0 Å². The zero-order chi connectivity index (χ0) is 8.91. The van der Waals surface area contributed by atoms with Gasteiger partial charge in [-0.1, -0.05) is 0 Å². The lowest BCUT2D eigenvalue weighted by Crippen LogP contribution is -2.23. The Balaban J connectivity index is 3.38. The molecule has 0 bridgehead atoms. The molecule has 11 heavy (non-hydrogen) atoms. The fraction of sp³-hybridized carbons (Fsp3) is 1.00. The number of aliphatic hydroxyl groups is 1. The van der Waals surface area contributed by atoms with E-state index in [-0.39, 0.29) is 18.3 Å². The molecule has 1 N–H and O–H groups in total. The van der Waals surface area contributed by atoms with E-state index < -0.39 is 0 Å². The van der Waals surface area contributed by atoms with Gasteiger partial charge in [0.25, 0.3) is 0 Å². The van der Waals surface area contributed by atoms with Gasteiger partial charge in [-0.25, -0.2) is 9.78 Å². The number of aliphatic hydroxyl groups excluding tert-OH is 1. The lowest BCUT2D eigenvalue weighted by atomic mass is 10.2. The summed E-state index contributed by atoms with van der Waals surface area (Å²) in [6.07, 6.45) is 0.565. The Morgan fingerprint density at radius 2 is 1.91 bits per heavy atom. The predicted octanol–water partition coefficient (Wildman–Crippen LogP) is 1.50. The molecule has 0 aromatic heterocycles. The molecule has 0 radical (unpaired) electrons. The molecule has 0 saturated heterocycles. The molecule has 0 rings (SSSR count). The van der Waals surface area contributed by atoms with E-state index >= 15 is 0 Å². The quantitative estimate of drug-likeness (QED) is 0.503. The van der Waals surface area contributed by atoms with Gasteiger partial charge in [0.15, 0.2) is 0 Å². The van der Waals surface area contributed by atoms with Crippen molar-refractivity contribution in [3.05, 3.63) is 0 Å². The zero-order valence-corrected chi connectivity index (χ0v) is 7.76. The van der Waals surface area contributed by atoms with Crippen LogP contribution in [0.1, 0.15) is 34.1 Å². The van der Waals surface area contributed by atoms with Crippen LogP contribution in [0.3, 0.4) is 0 Å². The van der Waals surface area contributed by atoms with Crippen molar-refractivity contribution in [3.8, 4) is 0 Å². The van der Waals surface area contributed by atoms with Gasteiger partial charge in [0.2, 0.25) is 0 Å². The molecule has 0 spiro atoms. The highest BCUT2D eigenvalue weighted by atomic mass is 17.2. The zero-order valence-electron chi connectivity index (χ0n) is 7.76. The summed E-state index contributed by atoms with van der Waals surface area (Å²) in [6, 6.07) is 0. The van der Waals surface area contributed by atoms with Crippen LogP contribution in [0.4, 0.5) is 0 Å². The van der Waals surface area contributed by atoms with Crippen LogP contribution in [0, 0.1) is 0 Å². The summed E-state index contributed by atoms with van der Waals surface area (Å²) in [4.78, 5) is 10.0. The van der Waals surface area contributed by atoms with E-state index in [1.807, 2.05) is 27.7 Å². The summed E-state index contributed by atoms with van der Waals surface area (Å²) in [5, 5.41) is 8.53. The highest BCUT2D eigenvalue weighted by Crippen LogP contribution is 2.09. The van der Waals surface area contributed by atoms with Gasteiger partial charge in [0, 0.05) is 6.61 Å². The lowest BCUT2D eigenvalue weighted by Gasteiger charge is -2.20. The molecule has 3 heteroatoms. The standard InChI is InChI=1S/C8H18O3/c1-7(5-6-9)10-11-8(2,3)4/h7,9H,5-6H2,1-4H3. The van der Waals surface area contributed by atoms with Gasteiger partial charge in [-0.2, -0.15) is 0 Å². The van der Waals surface area contributed by atoms with Crippen molar-refractivity contribution in [1.82, 2.24) is 0 Å². The Hall–Kier alpha value is -0.120. The van der Waals surface area contributed by atoms with Gasteiger partial charge in [-0.05, 0) is 34.1 Å². The Bertz CT molecular complexity index is 96.0. The first kappa shape index (κ1) is 10.9. The van der Waals surface area contributed by atoms with E-state index in [9.17, 15) is 0 Å². The maximum Gasteiger partial charge on any atom is 0.0952 e. The summed E-state index contributed by atoms with van der Waals surface area (Å²) in [6.45, 7) is 7.74. The summed E-state index contributed by atoms with van der Waals surface area (Å²) >= 11 is 0. The monoisotopic (exact) mass is 162 g/mol. The Morgan fingerprint density at radius 3 is 2.27 bits per heavy atom. The van der Waals surface area contributed by atoms with Crippen LogP contribution in [0.15, 0.2) is 0 Å². The molecule has 0 aliphatic heterocycles. The molecule has 3 nitrogen and oxygen atoms in total. The summed E-state index contributed by atoms with van der Waals surface area (Å²) in [7, 11) is 0. The first-order valence-corrected chi connectivity index (χ1v) is 3.91. The van der Waals surface area contributed by atoms with E-state index in [0.29, 0.717) is 6.42 Å². The third-order valence-corrected chi connectivity index (χ3v) is 0.998. The molecule has 1 unspecified atom stereocenters. The molecule has 0 aromatic carbocycles. The highest BCUT2D eigenvalue weighted by molar-refractivity contribution is 4.55. The maximum absolute atomic E-state index is 8.53. The van der Waals surface area contributed by atoms with Crippen molar-refractivity contribution in [2.75, 3.05) is 6.61 Å². The van der Waals surface area contributed by atoms with Crippen molar-refractivity contribution < 1.29 is 14.9 Å². The van der Waals surface area contributed by atoms with Crippen molar-refractivity contribution in [2.45, 2.75) is 45.8 Å². The first-order valence-electron chi connectivity index (χ1n) is 3.91. The number of hydrogen-bond acceptors (Lipinski definition) is 3. The fourth-order valence-electron chi connectivity index (χ4n) is 0.456. The van der Waals surface area contributed by atoms with Gasteiger partial charge >= 0.3 is 0 Å². The second kappa shape index (κ2) is 4.70. The third-order valence-electron chi connectivity index (χ3n) is 0.998. The molecule has 1 atom stereocenters. The second-order valence-corrected chi connectivity index (χ2v) is 3.61. The normalized spacial score (nSPS) is 15.0. The summed E-state index contributed by atoms with van der Waals surface area (Å²) in [5.41, 5.74) is -0.274. The first-order chi connectivity index (χ1) is 4.95. The van der Waals surface area contributed by atoms with Crippen molar-refractivity contribution >= 4 is 0 Å². The number of rotatable bonds is 4. The topological polar surface area (TPSA) is 38.7 Å². The van der Waals surface area contributed by atoms with Gasteiger partial charge < -0.3 is 5.11 Å². The molecular weight excluding hydrogens is 144 g/mol. The van der Waals surface area contributed by atoms with E-state index in [0.717, 1.165) is 0 Å². The van der Waals surface area contributed by atoms with Gasteiger partial charge in [0.05, 0.1) is 11.7 Å².